The van der Waals surface area contributed by atoms with Crippen molar-refractivity contribution >= 4 is 0 Å². The van der Waals surface area contributed by atoms with Crippen molar-refractivity contribution in [2.75, 3.05) is 0 Å². The van der Waals surface area contributed by atoms with Crippen molar-refractivity contribution in [1.82, 2.24) is 9.55 Å². The first-order valence-electron chi connectivity index (χ1n) is 5.35. The van der Waals surface area contributed by atoms with Crippen molar-refractivity contribution in [1.29, 1.82) is 0 Å². The minimum Gasteiger partial charge on any atom is -0.329 e. The van der Waals surface area contributed by atoms with Gasteiger partial charge in [0.2, 0.25) is 0 Å². The number of rotatable bonds is 3. The molecule has 0 aromatic carbocycles. The van der Waals surface area contributed by atoms with Crippen LogP contribution in [-0.4, -0.2) is 9.55 Å². The molecule has 0 saturated heterocycles. The maximum Gasteiger partial charge on any atom is 0.0951 e. The summed E-state index contributed by atoms with van der Waals surface area (Å²) in [6, 6.07) is 0. The van der Waals surface area contributed by atoms with E-state index in [4.69, 9.17) is 5.73 Å². The Morgan fingerprint density at radius 1 is 1.53 bits per heavy atom. The van der Waals surface area contributed by atoms with Crippen molar-refractivity contribution in [2.45, 2.75) is 32.9 Å². The molecule has 2 rings (SSSR count). The molecular formula is C12H17N3. The topological polar surface area (TPSA) is 43.8 Å². The smallest absolute Gasteiger partial charge is 0.0951 e. The van der Waals surface area contributed by atoms with Gasteiger partial charge in [-0.3, -0.25) is 0 Å². The Morgan fingerprint density at radius 2 is 2.40 bits per heavy atom. The number of nitrogens with zero attached hydrogens (tertiary/aromatic N) is 2. The van der Waals surface area contributed by atoms with Crippen LogP contribution in [0, 0.1) is 0 Å². The van der Waals surface area contributed by atoms with Gasteiger partial charge in [-0.05, 0) is 25.3 Å². The average molecular weight is 203 g/mol. The molecule has 0 saturated carbocycles. The highest BCUT2D eigenvalue weighted by Crippen LogP contribution is 2.18. The van der Waals surface area contributed by atoms with E-state index in [9.17, 15) is 0 Å². The molecule has 0 spiro atoms. The van der Waals surface area contributed by atoms with E-state index < -0.39 is 0 Å². The Morgan fingerprint density at radius 3 is 3.13 bits per heavy atom. The average Bonchev–Trinajstić information content (AvgIpc) is 2.65. The van der Waals surface area contributed by atoms with E-state index in [-0.39, 0.29) is 0 Å². The Bertz CT molecular complexity index is 399. The van der Waals surface area contributed by atoms with Gasteiger partial charge < -0.3 is 10.3 Å². The number of aromatic nitrogens is 2. The van der Waals surface area contributed by atoms with Crippen LogP contribution >= 0.6 is 0 Å². The van der Waals surface area contributed by atoms with Gasteiger partial charge in [-0.15, -0.1) is 0 Å². The summed E-state index contributed by atoms with van der Waals surface area (Å²) in [7, 11) is 0. The van der Waals surface area contributed by atoms with Gasteiger partial charge in [-0.25, -0.2) is 4.98 Å². The molecule has 2 N–H and O–H groups in total. The van der Waals surface area contributed by atoms with Crippen molar-refractivity contribution in [3.63, 3.8) is 0 Å². The van der Waals surface area contributed by atoms with Crippen molar-refractivity contribution in [2.24, 2.45) is 5.73 Å². The Labute approximate surface area is 90.3 Å². The van der Waals surface area contributed by atoms with E-state index in [1.165, 1.54) is 11.1 Å². The maximum atomic E-state index is 5.64. The lowest BCUT2D eigenvalue weighted by atomic mass is 10.0. The minimum atomic E-state index is 0.558. The van der Waals surface area contributed by atoms with E-state index in [1.54, 1.807) is 0 Å². The molecule has 15 heavy (non-hydrogen) atoms. The first-order chi connectivity index (χ1) is 7.29. The fourth-order valence-corrected chi connectivity index (χ4v) is 1.94. The molecule has 0 fully saturated rings. The fraction of sp³-hybridized carbons (Fsp3) is 0.417. The Kier molecular flexibility index (Phi) is 3.02. The largest absolute Gasteiger partial charge is 0.329 e. The molecule has 0 atom stereocenters. The van der Waals surface area contributed by atoms with Gasteiger partial charge in [0, 0.05) is 19.3 Å². The summed E-state index contributed by atoms with van der Waals surface area (Å²) in [4.78, 5) is 4.12. The van der Waals surface area contributed by atoms with Crippen LogP contribution in [0.1, 0.15) is 25.5 Å². The molecule has 0 unspecified atom stereocenters. The van der Waals surface area contributed by atoms with Crippen LogP contribution in [0.5, 0.6) is 0 Å². The van der Waals surface area contributed by atoms with Gasteiger partial charge in [0.25, 0.3) is 0 Å². The second-order valence-corrected chi connectivity index (χ2v) is 4.01. The summed E-state index contributed by atoms with van der Waals surface area (Å²) in [6.45, 7) is 3.64. The van der Waals surface area contributed by atoms with Crippen molar-refractivity contribution in [3.05, 3.63) is 41.5 Å². The summed E-state index contributed by atoms with van der Waals surface area (Å²) in [6.07, 6.45) is 10.6. The molecule has 0 radical (unpaired) electrons. The zero-order valence-corrected chi connectivity index (χ0v) is 9.11. The van der Waals surface area contributed by atoms with Crippen LogP contribution in [0.15, 0.2) is 35.8 Å². The van der Waals surface area contributed by atoms with Gasteiger partial charge in [0.1, 0.15) is 0 Å². The predicted octanol–water partition coefficient (Wildman–Crippen LogP) is 2.01. The zero-order chi connectivity index (χ0) is 10.7. The third-order valence-corrected chi connectivity index (χ3v) is 2.74. The van der Waals surface area contributed by atoms with E-state index in [2.05, 4.69) is 28.6 Å². The van der Waals surface area contributed by atoms with Crippen LogP contribution in [0.3, 0.4) is 0 Å². The molecule has 1 aliphatic carbocycles. The van der Waals surface area contributed by atoms with Gasteiger partial charge in [-0.1, -0.05) is 17.7 Å². The highest BCUT2D eigenvalue weighted by Gasteiger charge is 2.06. The first-order valence-corrected chi connectivity index (χ1v) is 5.35. The van der Waals surface area contributed by atoms with Crippen LogP contribution in [-0.2, 0) is 13.1 Å². The second-order valence-electron chi connectivity index (χ2n) is 4.01. The van der Waals surface area contributed by atoms with Crippen LogP contribution in [0.2, 0.25) is 0 Å². The summed E-state index contributed by atoms with van der Waals surface area (Å²) in [5, 5.41) is 0. The third-order valence-electron chi connectivity index (χ3n) is 2.74. The SMILES string of the molecule is CC1=CCCC(Cn2cncc2CN)=C1. The number of hydrogen-bond donors (Lipinski definition) is 1. The molecule has 3 heteroatoms. The Hall–Kier alpha value is -1.35. The molecule has 80 valence electrons. The lowest BCUT2D eigenvalue weighted by Gasteiger charge is -2.13. The van der Waals surface area contributed by atoms with Gasteiger partial charge in [0.05, 0.1) is 12.0 Å². The molecule has 0 aliphatic heterocycles. The maximum absolute atomic E-state index is 5.64. The van der Waals surface area contributed by atoms with E-state index in [0.29, 0.717) is 6.54 Å². The molecular weight excluding hydrogens is 186 g/mol. The van der Waals surface area contributed by atoms with Gasteiger partial charge in [0.15, 0.2) is 0 Å². The molecule has 1 aromatic heterocycles. The van der Waals surface area contributed by atoms with E-state index in [0.717, 1.165) is 25.1 Å². The quantitative estimate of drug-likeness (QED) is 0.816. The number of hydrogen-bond acceptors (Lipinski definition) is 2. The minimum absolute atomic E-state index is 0.558. The molecule has 1 aliphatic rings. The molecule has 1 aromatic rings. The van der Waals surface area contributed by atoms with Crippen molar-refractivity contribution < 1.29 is 0 Å². The monoisotopic (exact) mass is 203 g/mol. The van der Waals surface area contributed by atoms with Gasteiger partial charge >= 0.3 is 0 Å². The summed E-state index contributed by atoms with van der Waals surface area (Å²) in [5.74, 6) is 0. The van der Waals surface area contributed by atoms with Gasteiger partial charge in [-0.2, -0.15) is 0 Å². The third kappa shape index (κ3) is 2.36. The summed E-state index contributed by atoms with van der Waals surface area (Å²) >= 11 is 0. The van der Waals surface area contributed by atoms with E-state index >= 15 is 0 Å². The number of allylic oxidation sites excluding steroid dienone is 4. The molecule has 0 bridgehead atoms. The highest BCUT2D eigenvalue weighted by molar-refractivity contribution is 5.26. The molecule has 1 heterocycles. The van der Waals surface area contributed by atoms with Crippen LogP contribution < -0.4 is 5.73 Å². The lowest BCUT2D eigenvalue weighted by Crippen LogP contribution is -2.09. The molecule has 3 nitrogen and oxygen atoms in total. The fourth-order valence-electron chi connectivity index (χ4n) is 1.94. The number of imidazole rings is 1. The highest BCUT2D eigenvalue weighted by atomic mass is 15.0. The van der Waals surface area contributed by atoms with Crippen LogP contribution in [0.4, 0.5) is 0 Å². The lowest BCUT2D eigenvalue weighted by molar-refractivity contribution is 0.697. The normalized spacial score (nSPS) is 16.1. The van der Waals surface area contributed by atoms with Crippen LogP contribution in [0.25, 0.3) is 0 Å². The second kappa shape index (κ2) is 4.45. The number of nitrogens with two attached hydrogens (primary N) is 1. The summed E-state index contributed by atoms with van der Waals surface area (Å²) < 4.78 is 2.13. The first kappa shape index (κ1) is 10.2. The predicted molar refractivity (Wildman–Crippen MR) is 61.2 cm³/mol. The zero-order valence-electron chi connectivity index (χ0n) is 9.11. The molecule has 0 amide bonds. The summed E-state index contributed by atoms with van der Waals surface area (Å²) in [5.41, 5.74) is 9.56. The van der Waals surface area contributed by atoms with E-state index in [1.807, 2.05) is 12.5 Å². The Balaban J connectivity index is 2.12. The standard InChI is InChI=1S/C12H17N3/c1-10-3-2-4-11(5-10)8-15-9-14-7-12(15)6-13/h3,5,7,9H,2,4,6,8,13H2,1H3. The van der Waals surface area contributed by atoms with Crippen molar-refractivity contribution in [3.8, 4) is 0 Å².